The average molecular weight is 344 g/mol. The molecule has 0 aliphatic rings. The summed E-state index contributed by atoms with van der Waals surface area (Å²) in [7, 11) is 0. The molecule has 2 aromatic carbocycles. The third kappa shape index (κ3) is 6.06. The van der Waals surface area contributed by atoms with Gasteiger partial charge in [0.05, 0.1) is 6.54 Å². The number of hydrogen-bond acceptors (Lipinski definition) is 4. The minimum Gasteiger partial charge on any atom is -0.459 e. The maximum absolute atomic E-state index is 13.4. The van der Waals surface area contributed by atoms with Crippen LogP contribution in [-0.4, -0.2) is 30.9 Å². The van der Waals surface area contributed by atoms with Gasteiger partial charge in [-0.15, -0.1) is 0 Å². The molecule has 0 heterocycles. The summed E-state index contributed by atoms with van der Waals surface area (Å²) >= 11 is 0. The van der Waals surface area contributed by atoms with Crippen LogP contribution in [0.2, 0.25) is 0 Å². The molecule has 2 amide bonds. The van der Waals surface area contributed by atoms with Crippen molar-refractivity contribution in [2.75, 3.05) is 13.1 Å². The van der Waals surface area contributed by atoms with Crippen molar-refractivity contribution in [2.45, 2.75) is 6.61 Å². The van der Waals surface area contributed by atoms with Gasteiger partial charge in [-0.25, -0.2) is 4.39 Å². The molecule has 130 valence electrons. The highest BCUT2D eigenvalue weighted by molar-refractivity contribution is 5.96. The van der Waals surface area contributed by atoms with Gasteiger partial charge in [0.1, 0.15) is 19.0 Å². The fourth-order valence-electron chi connectivity index (χ4n) is 1.91. The third-order valence-corrected chi connectivity index (χ3v) is 3.22. The molecule has 7 heteroatoms. The fourth-order valence-corrected chi connectivity index (χ4v) is 1.91. The van der Waals surface area contributed by atoms with E-state index in [0.717, 1.165) is 0 Å². The van der Waals surface area contributed by atoms with Crippen LogP contribution in [-0.2, 0) is 20.9 Å². The Morgan fingerprint density at radius 3 is 2.28 bits per heavy atom. The summed E-state index contributed by atoms with van der Waals surface area (Å²) in [6.45, 7) is -0.852. The second kappa shape index (κ2) is 9.17. The first-order valence-electron chi connectivity index (χ1n) is 7.55. The SMILES string of the molecule is O=C(CNC(=O)c1ccccc1)NCC(=O)OCc1ccccc1F. The molecule has 0 radical (unpaired) electrons. The molecule has 0 aliphatic heterocycles. The Hall–Kier alpha value is -3.22. The van der Waals surface area contributed by atoms with Gasteiger partial charge in [-0.2, -0.15) is 0 Å². The van der Waals surface area contributed by atoms with Crippen molar-refractivity contribution >= 4 is 17.8 Å². The van der Waals surface area contributed by atoms with E-state index in [2.05, 4.69) is 10.6 Å². The summed E-state index contributed by atoms with van der Waals surface area (Å²) in [5, 5.41) is 4.75. The van der Waals surface area contributed by atoms with Gasteiger partial charge in [-0.1, -0.05) is 36.4 Å². The maximum Gasteiger partial charge on any atom is 0.325 e. The Morgan fingerprint density at radius 2 is 1.56 bits per heavy atom. The van der Waals surface area contributed by atoms with Crippen molar-refractivity contribution in [1.29, 1.82) is 0 Å². The number of nitrogens with one attached hydrogen (secondary N) is 2. The summed E-state index contributed by atoms with van der Waals surface area (Å²) in [5.41, 5.74) is 0.678. The van der Waals surface area contributed by atoms with Crippen molar-refractivity contribution in [1.82, 2.24) is 10.6 Å². The first-order valence-corrected chi connectivity index (χ1v) is 7.55. The van der Waals surface area contributed by atoms with Crippen molar-refractivity contribution in [2.24, 2.45) is 0 Å². The van der Waals surface area contributed by atoms with E-state index in [1.807, 2.05) is 0 Å². The Balaban J connectivity index is 1.66. The lowest BCUT2D eigenvalue weighted by molar-refractivity contribution is -0.145. The molecule has 0 aliphatic carbocycles. The number of hydrogen-bond donors (Lipinski definition) is 2. The summed E-state index contributed by atoms with van der Waals surface area (Å²) < 4.78 is 18.2. The Labute approximate surface area is 144 Å². The highest BCUT2D eigenvalue weighted by atomic mass is 19.1. The Bertz CT molecular complexity index is 750. The number of carbonyl (C=O) groups is 3. The van der Waals surface area contributed by atoms with Crippen molar-refractivity contribution in [3.8, 4) is 0 Å². The molecule has 0 unspecified atom stereocenters. The lowest BCUT2D eigenvalue weighted by Gasteiger charge is -2.08. The van der Waals surface area contributed by atoms with E-state index in [1.54, 1.807) is 36.4 Å². The molecular weight excluding hydrogens is 327 g/mol. The number of rotatable bonds is 7. The third-order valence-electron chi connectivity index (χ3n) is 3.22. The lowest BCUT2D eigenvalue weighted by atomic mass is 10.2. The molecule has 0 saturated heterocycles. The molecular formula is C18H17FN2O4. The van der Waals surface area contributed by atoms with Crippen LogP contribution >= 0.6 is 0 Å². The highest BCUT2D eigenvalue weighted by Gasteiger charge is 2.10. The van der Waals surface area contributed by atoms with Gasteiger partial charge in [0.2, 0.25) is 5.91 Å². The Kier molecular flexibility index (Phi) is 6.65. The van der Waals surface area contributed by atoms with E-state index in [4.69, 9.17) is 4.74 Å². The van der Waals surface area contributed by atoms with Gasteiger partial charge in [-0.05, 0) is 18.2 Å². The second-order valence-electron chi connectivity index (χ2n) is 5.08. The quantitative estimate of drug-likeness (QED) is 0.744. The van der Waals surface area contributed by atoms with E-state index in [0.29, 0.717) is 5.56 Å². The van der Waals surface area contributed by atoms with Crippen LogP contribution in [0.1, 0.15) is 15.9 Å². The van der Waals surface area contributed by atoms with Crippen LogP contribution in [0.4, 0.5) is 4.39 Å². The molecule has 0 atom stereocenters. The zero-order valence-corrected chi connectivity index (χ0v) is 13.3. The first kappa shape index (κ1) is 18.1. The molecule has 0 fully saturated rings. The summed E-state index contributed by atoms with van der Waals surface area (Å²) in [6, 6.07) is 14.4. The van der Waals surface area contributed by atoms with Crippen molar-refractivity contribution in [3.63, 3.8) is 0 Å². The molecule has 2 rings (SSSR count). The molecule has 0 aromatic heterocycles. The number of amides is 2. The first-order chi connectivity index (χ1) is 12.1. The predicted octanol–water partition coefficient (Wildman–Crippen LogP) is 1.42. The summed E-state index contributed by atoms with van der Waals surface area (Å²) in [5.74, 6) is -2.10. The minimum atomic E-state index is -0.703. The normalized spacial score (nSPS) is 9.96. The van der Waals surface area contributed by atoms with Gasteiger partial charge >= 0.3 is 5.97 Å². The molecule has 25 heavy (non-hydrogen) atoms. The van der Waals surface area contributed by atoms with E-state index < -0.39 is 23.6 Å². The predicted molar refractivity (Wildman–Crippen MR) is 88.0 cm³/mol. The van der Waals surface area contributed by atoms with Gasteiger partial charge in [-0.3, -0.25) is 14.4 Å². The van der Waals surface area contributed by atoms with Gasteiger partial charge in [0, 0.05) is 11.1 Å². The topological polar surface area (TPSA) is 84.5 Å². The summed E-state index contributed by atoms with van der Waals surface area (Å²) in [4.78, 5) is 34.9. The number of esters is 1. The van der Waals surface area contributed by atoms with Crippen molar-refractivity contribution < 1.29 is 23.5 Å². The standard InChI is InChI=1S/C18H17FN2O4/c19-15-9-5-4-8-14(15)12-25-17(23)11-20-16(22)10-21-18(24)13-6-2-1-3-7-13/h1-9H,10-12H2,(H,20,22)(H,21,24). The summed E-state index contributed by atoms with van der Waals surface area (Å²) in [6.07, 6.45) is 0. The van der Waals surface area contributed by atoms with E-state index in [1.165, 1.54) is 18.2 Å². The van der Waals surface area contributed by atoms with Crippen LogP contribution < -0.4 is 10.6 Å². The van der Waals surface area contributed by atoms with Crippen LogP contribution in [0.15, 0.2) is 54.6 Å². The molecule has 2 N–H and O–H groups in total. The second-order valence-corrected chi connectivity index (χ2v) is 5.08. The molecule has 0 bridgehead atoms. The molecule has 2 aromatic rings. The molecule has 6 nitrogen and oxygen atoms in total. The van der Waals surface area contributed by atoms with Gasteiger partial charge < -0.3 is 15.4 Å². The van der Waals surface area contributed by atoms with Gasteiger partial charge in [0.25, 0.3) is 5.91 Å². The van der Waals surface area contributed by atoms with Crippen LogP contribution in [0.25, 0.3) is 0 Å². The lowest BCUT2D eigenvalue weighted by Crippen LogP contribution is -2.39. The average Bonchev–Trinajstić information content (AvgIpc) is 2.64. The van der Waals surface area contributed by atoms with Crippen molar-refractivity contribution in [3.05, 3.63) is 71.5 Å². The van der Waals surface area contributed by atoms with E-state index >= 15 is 0 Å². The highest BCUT2D eigenvalue weighted by Crippen LogP contribution is 2.07. The smallest absolute Gasteiger partial charge is 0.325 e. The van der Waals surface area contributed by atoms with Crippen LogP contribution in [0.5, 0.6) is 0 Å². The fraction of sp³-hybridized carbons (Fsp3) is 0.167. The van der Waals surface area contributed by atoms with Gasteiger partial charge in [0.15, 0.2) is 0 Å². The number of benzene rings is 2. The zero-order valence-electron chi connectivity index (χ0n) is 13.3. The monoisotopic (exact) mass is 344 g/mol. The maximum atomic E-state index is 13.4. The van der Waals surface area contributed by atoms with E-state index in [-0.39, 0.29) is 25.3 Å². The minimum absolute atomic E-state index is 0.216. The number of halogens is 1. The number of ether oxygens (including phenoxy) is 1. The zero-order chi connectivity index (χ0) is 18.1. The van der Waals surface area contributed by atoms with Crippen LogP contribution in [0, 0.1) is 5.82 Å². The molecule has 0 spiro atoms. The largest absolute Gasteiger partial charge is 0.459 e. The van der Waals surface area contributed by atoms with E-state index in [9.17, 15) is 18.8 Å². The number of carbonyl (C=O) groups excluding carboxylic acids is 3. The Morgan fingerprint density at radius 1 is 0.880 bits per heavy atom. The molecule has 0 saturated carbocycles. The van der Waals surface area contributed by atoms with Crippen LogP contribution in [0.3, 0.4) is 0 Å².